The van der Waals surface area contributed by atoms with Gasteiger partial charge in [0.05, 0.1) is 6.61 Å². The van der Waals surface area contributed by atoms with Crippen LogP contribution < -0.4 is 10.2 Å². The highest BCUT2D eigenvalue weighted by molar-refractivity contribution is 6.02. The fourth-order valence-electron chi connectivity index (χ4n) is 2.04. The monoisotopic (exact) mass is 314 g/mol. The Kier molecular flexibility index (Phi) is 5.88. The molecule has 2 aromatic rings. The van der Waals surface area contributed by atoms with Gasteiger partial charge >= 0.3 is 0 Å². The lowest BCUT2D eigenvalue weighted by Gasteiger charge is -2.18. The van der Waals surface area contributed by atoms with Gasteiger partial charge in [0.15, 0.2) is 0 Å². The van der Waals surface area contributed by atoms with Gasteiger partial charge in [-0.1, -0.05) is 12.1 Å². The molecule has 2 aromatic carbocycles. The van der Waals surface area contributed by atoms with Crippen molar-refractivity contribution in [3.63, 3.8) is 0 Å². The predicted octanol–water partition coefficient (Wildman–Crippen LogP) is 2.91. The predicted molar refractivity (Wildman–Crippen MR) is 90.9 cm³/mol. The summed E-state index contributed by atoms with van der Waals surface area (Å²) in [4.78, 5) is 13.8. The zero-order valence-corrected chi connectivity index (χ0v) is 12.9. The molecule has 0 saturated heterocycles. The Balaban J connectivity index is 1.95. The molecule has 2 rings (SSSR count). The molecular formula is C18H19FN2O2. The first-order valence-electron chi connectivity index (χ1n) is 7.25. The molecule has 0 aliphatic carbocycles. The van der Waals surface area contributed by atoms with E-state index in [-0.39, 0.29) is 18.3 Å². The standard InChI is InChI=1S/C18H19FN2O2/c1-21(11-12-22)17-8-6-16(7-9-17)20-18(23)10-5-14-3-2-4-15(19)13-14/h2-10,13,22H,11-12H2,1H3,(H,20,23)/b10-5+. The fourth-order valence-corrected chi connectivity index (χ4v) is 2.04. The summed E-state index contributed by atoms with van der Waals surface area (Å²) < 4.78 is 13.0. The third-order valence-electron chi connectivity index (χ3n) is 3.29. The number of anilines is 2. The van der Waals surface area contributed by atoms with E-state index in [0.29, 0.717) is 17.8 Å². The van der Waals surface area contributed by atoms with Gasteiger partial charge in [0.25, 0.3) is 0 Å². The van der Waals surface area contributed by atoms with Gasteiger partial charge in [0, 0.05) is 31.0 Å². The molecule has 0 radical (unpaired) electrons. The van der Waals surface area contributed by atoms with Crippen LogP contribution in [0.5, 0.6) is 0 Å². The van der Waals surface area contributed by atoms with Gasteiger partial charge in [-0.15, -0.1) is 0 Å². The molecule has 0 unspecified atom stereocenters. The second-order valence-electron chi connectivity index (χ2n) is 5.07. The van der Waals surface area contributed by atoms with Crippen molar-refractivity contribution in [2.75, 3.05) is 30.4 Å². The van der Waals surface area contributed by atoms with E-state index in [4.69, 9.17) is 5.11 Å². The van der Waals surface area contributed by atoms with Crippen LogP contribution in [-0.4, -0.2) is 31.2 Å². The minimum Gasteiger partial charge on any atom is -0.395 e. The van der Waals surface area contributed by atoms with E-state index < -0.39 is 0 Å². The first kappa shape index (κ1) is 16.7. The van der Waals surface area contributed by atoms with Gasteiger partial charge < -0.3 is 15.3 Å². The summed E-state index contributed by atoms with van der Waals surface area (Å²) in [5.74, 6) is -0.624. The molecule has 0 heterocycles. The number of hydrogen-bond donors (Lipinski definition) is 2. The molecule has 0 spiro atoms. The minimum atomic E-state index is -0.338. The Morgan fingerprint density at radius 3 is 2.65 bits per heavy atom. The fraction of sp³-hybridized carbons (Fsp3) is 0.167. The summed E-state index contributed by atoms with van der Waals surface area (Å²) in [6, 6.07) is 13.3. The number of nitrogens with one attached hydrogen (secondary N) is 1. The van der Waals surface area contributed by atoms with Crippen molar-refractivity contribution in [1.29, 1.82) is 0 Å². The summed E-state index contributed by atoms with van der Waals surface area (Å²) in [6.45, 7) is 0.627. The Hall–Kier alpha value is -2.66. The van der Waals surface area contributed by atoms with Crippen molar-refractivity contribution in [2.24, 2.45) is 0 Å². The van der Waals surface area contributed by atoms with Gasteiger partial charge in [0.1, 0.15) is 5.82 Å². The molecule has 5 heteroatoms. The topological polar surface area (TPSA) is 52.6 Å². The highest BCUT2D eigenvalue weighted by Crippen LogP contribution is 2.16. The van der Waals surface area contributed by atoms with Gasteiger partial charge in [-0.3, -0.25) is 4.79 Å². The zero-order chi connectivity index (χ0) is 16.7. The summed E-state index contributed by atoms with van der Waals surface area (Å²) in [5, 5.41) is 11.6. The third kappa shape index (κ3) is 5.23. The van der Waals surface area contributed by atoms with Crippen LogP contribution in [-0.2, 0) is 4.79 Å². The number of carbonyl (C=O) groups is 1. The number of aliphatic hydroxyl groups excluding tert-OH is 1. The normalized spacial score (nSPS) is 10.7. The van der Waals surface area contributed by atoms with Crippen molar-refractivity contribution < 1.29 is 14.3 Å². The molecule has 0 aliphatic rings. The number of carbonyl (C=O) groups excluding carboxylic acids is 1. The van der Waals surface area contributed by atoms with Crippen molar-refractivity contribution in [1.82, 2.24) is 0 Å². The first-order valence-corrected chi connectivity index (χ1v) is 7.25. The second kappa shape index (κ2) is 8.10. The lowest BCUT2D eigenvalue weighted by Crippen LogP contribution is -2.20. The summed E-state index contributed by atoms with van der Waals surface area (Å²) in [6.07, 6.45) is 2.92. The largest absolute Gasteiger partial charge is 0.395 e. The quantitative estimate of drug-likeness (QED) is 0.806. The van der Waals surface area contributed by atoms with E-state index in [1.54, 1.807) is 30.3 Å². The van der Waals surface area contributed by atoms with E-state index in [1.165, 1.54) is 18.2 Å². The van der Waals surface area contributed by atoms with Crippen molar-refractivity contribution >= 4 is 23.4 Å². The van der Waals surface area contributed by atoms with Crippen LogP contribution in [0.25, 0.3) is 6.08 Å². The summed E-state index contributed by atoms with van der Waals surface area (Å²) in [5.41, 5.74) is 2.24. The number of amides is 1. The molecule has 0 fully saturated rings. The van der Waals surface area contributed by atoms with E-state index >= 15 is 0 Å². The molecule has 4 nitrogen and oxygen atoms in total. The highest BCUT2D eigenvalue weighted by Gasteiger charge is 2.02. The molecule has 0 saturated carbocycles. The first-order chi connectivity index (χ1) is 11.1. The maximum absolute atomic E-state index is 13.0. The van der Waals surface area contributed by atoms with Crippen LogP contribution >= 0.6 is 0 Å². The molecule has 1 amide bonds. The van der Waals surface area contributed by atoms with Gasteiger partial charge in [-0.25, -0.2) is 4.39 Å². The van der Waals surface area contributed by atoms with E-state index in [1.807, 2.05) is 24.1 Å². The maximum atomic E-state index is 13.0. The molecule has 0 aromatic heterocycles. The van der Waals surface area contributed by atoms with Crippen LogP contribution in [0.2, 0.25) is 0 Å². The van der Waals surface area contributed by atoms with Gasteiger partial charge in [-0.2, -0.15) is 0 Å². The van der Waals surface area contributed by atoms with Crippen LogP contribution in [0.4, 0.5) is 15.8 Å². The second-order valence-corrected chi connectivity index (χ2v) is 5.07. The Bertz CT molecular complexity index is 684. The van der Waals surface area contributed by atoms with Crippen LogP contribution in [0, 0.1) is 5.82 Å². The Morgan fingerprint density at radius 1 is 1.26 bits per heavy atom. The minimum absolute atomic E-state index is 0.0832. The zero-order valence-electron chi connectivity index (χ0n) is 12.9. The Morgan fingerprint density at radius 2 is 2.00 bits per heavy atom. The maximum Gasteiger partial charge on any atom is 0.248 e. The van der Waals surface area contributed by atoms with E-state index in [0.717, 1.165) is 5.69 Å². The molecule has 0 atom stereocenters. The molecule has 120 valence electrons. The summed E-state index contributed by atoms with van der Waals surface area (Å²) in [7, 11) is 1.88. The van der Waals surface area contributed by atoms with Crippen LogP contribution in [0.3, 0.4) is 0 Å². The van der Waals surface area contributed by atoms with E-state index in [2.05, 4.69) is 5.32 Å². The number of halogens is 1. The number of likely N-dealkylation sites (N-methyl/N-ethyl adjacent to an activating group) is 1. The van der Waals surface area contributed by atoms with Crippen molar-refractivity contribution in [3.05, 3.63) is 66.0 Å². The molecule has 2 N–H and O–H groups in total. The lowest BCUT2D eigenvalue weighted by molar-refractivity contribution is -0.111. The number of benzene rings is 2. The number of aliphatic hydroxyl groups is 1. The van der Waals surface area contributed by atoms with Crippen LogP contribution in [0.15, 0.2) is 54.6 Å². The molecule has 23 heavy (non-hydrogen) atoms. The number of hydrogen-bond acceptors (Lipinski definition) is 3. The van der Waals surface area contributed by atoms with Gasteiger partial charge in [-0.05, 0) is 48.0 Å². The van der Waals surface area contributed by atoms with Crippen LogP contribution in [0.1, 0.15) is 5.56 Å². The van der Waals surface area contributed by atoms with Crippen molar-refractivity contribution in [3.8, 4) is 0 Å². The molecular weight excluding hydrogens is 295 g/mol. The highest BCUT2D eigenvalue weighted by atomic mass is 19.1. The SMILES string of the molecule is CN(CCO)c1ccc(NC(=O)/C=C/c2cccc(F)c2)cc1. The average Bonchev–Trinajstić information content (AvgIpc) is 2.54. The smallest absolute Gasteiger partial charge is 0.248 e. The Labute approximate surface area is 134 Å². The number of rotatable bonds is 6. The molecule has 0 bridgehead atoms. The lowest BCUT2D eigenvalue weighted by atomic mass is 10.2. The molecule has 0 aliphatic heterocycles. The summed E-state index contributed by atoms with van der Waals surface area (Å²) >= 11 is 0. The average molecular weight is 314 g/mol. The third-order valence-corrected chi connectivity index (χ3v) is 3.29. The van der Waals surface area contributed by atoms with E-state index in [9.17, 15) is 9.18 Å². The number of nitrogens with zero attached hydrogens (tertiary/aromatic N) is 1. The van der Waals surface area contributed by atoms with Gasteiger partial charge in [0.2, 0.25) is 5.91 Å². The van der Waals surface area contributed by atoms with Crippen molar-refractivity contribution in [2.45, 2.75) is 0 Å².